The molecule has 0 spiro atoms. The predicted molar refractivity (Wildman–Crippen MR) is 102 cm³/mol. The molecule has 2 rings (SSSR count). The summed E-state index contributed by atoms with van der Waals surface area (Å²) >= 11 is 0. The lowest BCUT2D eigenvalue weighted by molar-refractivity contribution is -0.274. The van der Waals surface area contributed by atoms with Crippen LogP contribution in [0.2, 0.25) is 0 Å². The average molecular weight is 426 g/mol. The van der Waals surface area contributed by atoms with Crippen LogP contribution >= 0.6 is 0 Å². The van der Waals surface area contributed by atoms with Crippen LogP contribution in [-0.4, -0.2) is 48.8 Å². The standard InChI is InChI=1S/C20H25F3N4O3/c1-13(26-14(2)28)11-27-7-3-4-17(12-27)19(29)25-10-16-6-5-15(9-24)8-18(16)30-20(21,22)23/h5-6,8,13,17H,3-4,7,10-12H2,1-2H3,(H,25,29)(H,26,28)/t13-,17-/m1/s1. The van der Waals surface area contributed by atoms with Crippen LogP contribution in [-0.2, 0) is 16.1 Å². The lowest BCUT2D eigenvalue weighted by Crippen LogP contribution is -2.47. The number of hydrogen-bond acceptors (Lipinski definition) is 5. The minimum atomic E-state index is -4.90. The molecule has 2 amide bonds. The highest BCUT2D eigenvalue weighted by atomic mass is 19.4. The zero-order chi connectivity index (χ0) is 22.3. The summed E-state index contributed by atoms with van der Waals surface area (Å²) in [4.78, 5) is 25.8. The van der Waals surface area contributed by atoms with Crippen molar-refractivity contribution in [3.63, 3.8) is 0 Å². The molecule has 0 aliphatic carbocycles. The first-order valence-corrected chi connectivity index (χ1v) is 9.63. The SMILES string of the molecule is CC(=O)N[C@H](C)CN1CCC[C@@H](C(=O)NCc2ccc(C#N)cc2OC(F)(F)F)C1. The number of nitrogens with one attached hydrogen (secondary N) is 2. The first-order chi connectivity index (χ1) is 14.1. The molecule has 0 aromatic heterocycles. The molecule has 2 N–H and O–H groups in total. The molecule has 0 saturated carbocycles. The second-order valence-electron chi connectivity index (χ2n) is 7.40. The molecular weight excluding hydrogens is 401 g/mol. The molecule has 1 aromatic carbocycles. The van der Waals surface area contributed by atoms with Crippen LogP contribution in [0, 0.1) is 17.2 Å². The van der Waals surface area contributed by atoms with Crippen molar-refractivity contribution in [1.82, 2.24) is 15.5 Å². The van der Waals surface area contributed by atoms with Gasteiger partial charge in [0.1, 0.15) is 5.75 Å². The molecule has 1 heterocycles. The number of hydrogen-bond donors (Lipinski definition) is 2. The van der Waals surface area contributed by atoms with E-state index in [0.29, 0.717) is 19.5 Å². The van der Waals surface area contributed by atoms with E-state index in [1.54, 1.807) is 6.07 Å². The Morgan fingerprint density at radius 2 is 2.13 bits per heavy atom. The predicted octanol–water partition coefficient (Wildman–Crippen LogP) is 2.31. The molecule has 2 atom stereocenters. The van der Waals surface area contributed by atoms with Gasteiger partial charge in [-0.1, -0.05) is 6.07 Å². The smallest absolute Gasteiger partial charge is 0.405 e. The largest absolute Gasteiger partial charge is 0.573 e. The van der Waals surface area contributed by atoms with Crippen molar-refractivity contribution < 1.29 is 27.5 Å². The van der Waals surface area contributed by atoms with Gasteiger partial charge in [0.25, 0.3) is 0 Å². The lowest BCUT2D eigenvalue weighted by atomic mass is 9.96. The highest BCUT2D eigenvalue weighted by Gasteiger charge is 2.32. The van der Waals surface area contributed by atoms with Gasteiger partial charge >= 0.3 is 6.36 Å². The molecule has 1 aromatic rings. The van der Waals surface area contributed by atoms with E-state index in [2.05, 4.69) is 20.3 Å². The van der Waals surface area contributed by atoms with Crippen molar-refractivity contribution >= 4 is 11.8 Å². The number of halogens is 3. The Morgan fingerprint density at radius 1 is 1.40 bits per heavy atom. The van der Waals surface area contributed by atoms with E-state index in [1.807, 2.05) is 6.92 Å². The normalized spacial score (nSPS) is 18.2. The van der Waals surface area contributed by atoms with E-state index in [4.69, 9.17) is 5.26 Å². The third-order valence-corrected chi connectivity index (χ3v) is 4.73. The molecule has 1 fully saturated rings. The van der Waals surface area contributed by atoms with Crippen molar-refractivity contribution in [3.8, 4) is 11.8 Å². The van der Waals surface area contributed by atoms with Crippen LogP contribution in [0.25, 0.3) is 0 Å². The topological polar surface area (TPSA) is 94.5 Å². The molecular formula is C20H25F3N4O3. The number of likely N-dealkylation sites (tertiary alicyclic amines) is 1. The number of piperidine rings is 1. The van der Waals surface area contributed by atoms with Gasteiger partial charge in [0.05, 0.1) is 17.6 Å². The fourth-order valence-corrected chi connectivity index (χ4v) is 3.53. The van der Waals surface area contributed by atoms with E-state index in [1.165, 1.54) is 19.1 Å². The Kier molecular flexibility index (Phi) is 8.06. The highest BCUT2D eigenvalue weighted by Crippen LogP contribution is 2.27. The maximum atomic E-state index is 12.6. The maximum absolute atomic E-state index is 12.6. The molecule has 0 unspecified atom stereocenters. The highest BCUT2D eigenvalue weighted by molar-refractivity contribution is 5.79. The fraction of sp³-hybridized carbons (Fsp3) is 0.550. The minimum absolute atomic E-state index is 0.0283. The summed E-state index contributed by atoms with van der Waals surface area (Å²) in [5, 5.41) is 14.4. The van der Waals surface area contributed by atoms with E-state index >= 15 is 0 Å². The summed E-state index contributed by atoms with van der Waals surface area (Å²) < 4.78 is 41.9. The Balaban J connectivity index is 1.96. The zero-order valence-corrected chi connectivity index (χ0v) is 16.9. The Hall–Kier alpha value is -2.80. The number of alkyl halides is 3. The van der Waals surface area contributed by atoms with Gasteiger partial charge in [0, 0.05) is 38.2 Å². The molecule has 7 nitrogen and oxygen atoms in total. The van der Waals surface area contributed by atoms with Crippen LogP contribution in [0.3, 0.4) is 0 Å². The summed E-state index contributed by atoms with van der Waals surface area (Å²) in [5.41, 5.74) is 0.159. The van der Waals surface area contributed by atoms with Gasteiger partial charge in [-0.05, 0) is 38.4 Å². The van der Waals surface area contributed by atoms with Crippen LogP contribution in [0.15, 0.2) is 18.2 Å². The van der Waals surface area contributed by atoms with Gasteiger partial charge in [-0.15, -0.1) is 13.2 Å². The zero-order valence-electron chi connectivity index (χ0n) is 16.9. The third kappa shape index (κ3) is 7.55. The van der Waals surface area contributed by atoms with Gasteiger partial charge in [-0.3, -0.25) is 9.59 Å². The summed E-state index contributed by atoms with van der Waals surface area (Å²) in [5.74, 6) is -1.17. The third-order valence-electron chi connectivity index (χ3n) is 4.73. The molecule has 10 heteroatoms. The molecule has 164 valence electrons. The number of amides is 2. The number of ether oxygens (including phenoxy) is 1. The van der Waals surface area contributed by atoms with Gasteiger partial charge in [0.2, 0.25) is 11.8 Å². The lowest BCUT2D eigenvalue weighted by Gasteiger charge is -2.33. The number of nitriles is 1. The molecule has 0 bridgehead atoms. The van der Waals surface area contributed by atoms with Gasteiger partial charge in [-0.25, -0.2) is 0 Å². The van der Waals surface area contributed by atoms with Gasteiger partial charge < -0.3 is 20.3 Å². The summed E-state index contributed by atoms with van der Waals surface area (Å²) in [6, 6.07) is 5.42. The van der Waals surface area contributed by atoms with E-state index in [9.17, 15) is 22.8 Å². The van der Waals surface area contributed by atoms with E-state index in [-0.39, 0.29) is 41.4 Å². The average Bonchev–Trinajstić information content (AvgIpc) is 2.65. The molecule has 1 aliphatic heterocycles. The minimum Gasteiger partial charge on any atom is -0.405 e. The number of carbonyl (C=O) groups excluding carboxylic acids is 2. The fourth-order valence-electron chi connectivity index (χ4n) is 3.53. The van der Waals surface area contributed by atoms with E-state index in [0.717, 1.165) is 19.0 Å². The monoisotopic (exact) mass is 426 g/mol. The second-order valence-corrected chi connectivity index (χ2v) is 7.40. The number of carbonyl (C=O) groups is 2. The molecule has 1 saturated heterocycles. The quantitative estimate of drug-likeness (QED) is 0.698. The van der Waals surface area contributed by atoms with Crippen molar-refractivity contribution in [1.29, 1.82) is 5.26 Å². The van der Waals surface area contributed by atoms with Gasteiger partial charge in [-0.2, -0.15) is 5.26 Å². The Morgan fingerprint density at radius 3 is 2.77 bits per heavy atom. The van der Waals surface area contributed by atoms with Crippen LogP contribution < -0.4 is 15.4 Å². The van der Waals surface area contributed by atoms with Crippen LogP contribution in [0.4, 0.5) is 13.2 Å². The first kappa shape index (κ1) is 23.5. The number of nitrogens with zero attached hydrogens (tertiary/aromatic N) is 2. The first-order valence-electron chi connectivity index (χ1n) is 9.63. The number of rotatable bonds is 7. The molecule has 1 aliphatic rings. The maximum Gasteiger partial charge on any atom is 0.573 e. The Bertz CT molecular complexity index is 807. The van der Waals surface area contributed by atoms with Crippen molar-refractivity contribution in [2.45, 2.75) is 45.6 Å². The summed E-state index contributed by atoms with van der Waals surface area (Å²) in [6.07, 6.45) is -3.42. The summed E-state index contributed by atoms with van der Waals surface area (Å²) in [7, 11) is 0. The second kappa shape index (κ2) is 10.3. The molecule has 30 heavy (non-hydrogen) atoms. The van der Waals surface area contributed by atoms with E-state index < -0.39 is 12.1 Å². The van der Waals surface area contributed by atoms with Crippen molar-refractivity contribution in [2.24, 2.45) is 5.92 Å². The van der Waals surface area contributed by atoms with Gasteiger partial charge in [0.15, 0.2) is 0 Å². The van der Waals surface area contributed by atoms with Crippen molar-refractivity contribution in [3.05, 3.63) is 29.3 Å². The van der Waals surface area contributed by atoms with Crippen LogP contribution in [0.1, 0.15) is 37.8 Å². The van der Waals surface area contributed by atoms with Crippen molar-refractivity contribution in [2.75, 3.05) is 19.6 Å². The Labute approximate surface area is 173 Å². The van der Waals surface area contributed by atoms with Crippen LogP contribution in [0.5, 0.6) is 5.75 Å². The molecule has 0 radical (unpaired) electrons. The summed E-state index contributed by atoms with van der Waals surface area (Å²) in [6.45, 7) is 5.13. The number of benzene rings is 1.